The third-order valence-electron chi connectivity index (χ3n) is 4.99. The van der Waals surface area contributed by atoms with Crippen LogP contribution in [0.15, 0.2) is 54.9 Å². The van der Waals surface area contributed by atoms with Crippen LogP contribution in [0.3, 0.4) is 0 Å². The zero-order valence-electron chi connectivity index (χ0n) is 19.1. The Morgan fingerprint density at radius 3 is 2.33 bits per heavy atom. The Kier molecular flexibility index (Phi) is 5.68. The van der Waals surface area contributed by atoms with Crippen LogP contribution >= 0.6 is 0 Å². The van der Waals surface area contributed by atoms with E-state index in [-0.39, 0.29) is 11.7 Å². The molecule has 0 aliphatic heterocycles. The zero-order valence-corrected chi connectivity index (χ0v) is 19.1. The van der Waals surface area contributed by atoms with Crippen molar-refractivity contribution in [1.82, 2.24) is 19.7 Å². The van der Waals surface area contributed by atoms with Gasteiger partial charge in [-0.05, 0) is 58.0 Å². The Balaban J connectivity index is 1.99. The molecule has 0 fully saturated rings. The summed E-state index contributed by atoms with van der Waals surface area (Å²) in [4.78, 5) is 29.4. The first-order chi connectivity index (χ1) is 15.7. The average Bonchev–Trinajstić information content (AvgIpc) is 3.17. The largest absolute Gasteiger partial charge is 0.479 e. The van der Waals surface area contributed by atoms with Gasteiger partial charge in [-0.25, -0.2) is 9.36 Å². The monoisotopic (exact) mass is 444 g/mol. The van der Waals surface area contributed by atoms with Crippen LogP contribution in [-0.4, -0.2) is 44.3 Å². The number of fused-ring (bicyclic) bond motifs is 1. The summed E-state index contributed by atoms with van der Waals surface area (Å²) in [6.07, 6.45) is 2.77. The van der Waals surface area contributed by atoms with Gasteiger partial charge in [0.25, 0.3) is 0 Å². The fourth-order valence-corrected chi connectivity index (χ4v) is 3.50. The number of aromatic nitrogens is 4. The lowest BCUT2D eigenvalue weighted by Gasteiger charge is -2.21. The number of ether oxygens (including phenoxy) is 2. The molecule has 0 atom stereocenters. The van der Waals surface area contributed by atoms with E-state index >= 15 is 0 Å². The topological polar surface area (TPSA) is 96.2 Å². The van der Waals surface area contributed by atoms with E-state index in [4.69, 9.17) is 9.47 Å². The van der Waals surface area contributed by atoms with Crippen LogP contribution in [0.2, 0.25) is 0 Å². The van der Waals surface area contributed by atoms with E-state index in [1.54, 1.807) is 51.4 Å². The molecule has 0 spiro atoms. The van der Waals surface area contributed by atoms with Gasteiger partial charge in [0.05, 0.1) is 29.6 Å². The van der Waals surface area contributed by atoms with Crippen LogP contribution in [0, 0.1) is 0 Å². The highest BCUT2D eigenvalue weighted by Gasteiger charge is 2.25. The minimum Gasteiger partial charge on any atom is -0.479 e. The Morgan fingerprint density at radius 2 is 1.70 bits per heavy atom. The van der Waals surface area contributed by atoms with Crippen LogP contribution in [0.4, 0.5) is 4.79 Å². The van der Waals surface area contributed by atoms with Gasteiger partial charge >= 0.3 is 6.09 Å². The van der Waals surface area contributed by atoms with Gasteiger partial charge in [-0.15, -0.1) is 10.2 Å². The van der Waals surface area contributed by atoms with E-state index in [0.717, 1.165) is 10.9 Å². The molecule has 0 saturated carbocycles. The number of nitrogens with zero attached hydrogens (tertiary/aromatic N) is 4. The van der Waals surface area contributed by atoms with Crippen LogP contribution in [0.25, 0.3) is 33.4 Å². The number of methoxy groups -OCH3 is 1. The predicted molar refractivity (Wildman–Crippen MR) is 124 cm³/mol. The molecule has 0 aliphatic carbocycles. The number of Topliss-reactive ketones (excluding diaryl/α,β-unsaturated/α-hetero) is 1. The maximum atomic E-state index is 13.3. The summed E-state index contributed by atoms with van der Waals surface area (Å²) < 4.78 is 12.6. The standard InChI is InChI=1S/C25H24N4O4/c1-15(30)17-6-7-18-13-22(29(21(18)12-17)24(31)33-25(2,3)4)19-14-20(27-28-23(19)32-5)16-8-10-26-11-9-16/h6-14H,1-5H3. The van der Waals surface area contributed by atoms with E-state index in [0.29, 0.717) is 28.0 Å². The van der Waals surface area contributed by atoms with Crippen LogP contribution in [0.1, 0.15) is 38.1 Å². The Bertz CT molecular complexity index is 1350. The minimum absolute atomic E-state index is 0.0986. The number of pyridine rings is 1. The second-order valence-corrected chi connectivity index (χ2v) is 8.56. The van der Waals surface area contributed by atoms with Gasteiger partial charge in [-0.2, -0.15) is 0 Å². The molecule has 4 rings (SSSR count). The summed E-state index contributed by atoms with van der Waals surface area (Å²) in [6, 6.07) is 12.5. The average molecular weight is 444 g/mol. The first-order valence-corrected chi connectivity index (χ1v) is 10.4. The van der Waals surface area contributed by atoms with Gasteiger partial charge in [-0.3, -0.25) is 9.78 Å². The lowest BCUT2D eigenvalue weighted by molar-refractivity contribution is 0.0547. The van der Waals surface area contributed by atoms with E-state index in [1.807, 2.05) is 24.3 Å². The number of hydrogen-bond acceptors (Lipinski definition) is 7. The molecular formula is C25H24N4O4. The van der Waals surface area contributed by atoms with Crippen LogP contribution in [-0.2, 0) is 4.74 Å². The molecule has 3 heterocycles. The molecular weight excluding hydrogens is 420 g/mol. The smallest absolute Gasteiger partial charge is 0.419 e. The quantitative estimate of drug-likeness (QED) is 0.401. The number of ketones is 1. The van der Waals surface area contributed by atoms with Gasteiger partial charge in [0, 0.05) is 28.9 Å². The van der Waals surface area contributed by atoms with Crippen molar-refractivity contribution in [1.29, 1.82) is 0 Å². The summed E-state index contributed by atoms with van der Waals surface area (Å²) in [6.45, 7) is 6.88. The van der Waals surface area contributed by atoms with Crippen molar-refractivity contribution in [2.75, 3.05) is 7.11 Å². The van der Waals surface area contributed by atoms with Crippen molar-refractivity contribution >= 4 is 22.8 Å². The number of rotatable bonds is 4. The van der Waals surface area contributed by atoms with Crippen molar-refractivity contribution < 1.29 is 19.1 Å². The van der Waals surface area contributed by atoms with Gasteiger partial charge in [-0.1, -0.05) is 12.1 Å². The van der Waals surface area contributed by atoms with Crippen molar-refractivity contribution in [3.05, 3.63) is 60.4 Å². The minimum atomic E-state index is -0.716. The first kappa shape index (κ1) is 22.1. The molecule has 168 valence electrons. The molecule has 33 heavy (non-hydrogen) atoms. The number of benzene rings is 1. The summed E-state index contributed by atoms with van der Waals surface area (Å²) >= 11 is 0. The van der Waals surface area contributed by atoms with Gasteiger partial charge in [0.15, 0.2) is 5.78 Å². The second kappa shape index (κ2) is 8.46. The maximum absolute atomic E-state index is 13.3. The van der Waals surface area contributed by atoms with Crippen LogP contribution < -0.4 is 4.74 Å². The maximum Gasteiger partial charge on any atom is 0.419 e. The molecule has 3 aromatic heterocycles. The Morgan fingerprint density at radius 1 is 0.970 bits per heavy atom. The van der Waals surface area contributed by atoms with E-state index in [2.05, 4.69) is 15.2 Å². The van der Waals surface area contributed by atoms with Crippen molar-refractivity contribution in [2.45, 2.75) is 33.3 Å². The third-order valence-corrected chi connectivity index (χ3v) is 4.99. The highest BCUT2D eigenvalue weighted by Crippen LogP contribution is 2.36. The number of carbonyl (C=O) groups is 2. The molecule has 4 aromatic rings. The summed E-state index contributed by atoms with van der Waals surface area (Å²) in [5.74, 6) is 0.158. The van der Waals surface area contributed by atoms with Crippen LogP contribution in [0.5, 0.6) is 5.88 Å². The molecule has 0 aliphatic rings. The SMILES string of the molecule is COc1nnc(-c2ccncc2)cc1-c1cc2ccc(C(C)=O)cc2n1C(=O)OC(C)(C)C. The van der Waals surface area contributed by atoms with Gasteiger partial charge in [0.1, 0.15) is 5.60 Å². The molecule has 8 nitrogen and oxygen atoms in total. The van der Waals surface area contributed by atoms with E-state index in [9.17, 15) is 9.59 Å². The second-order valence-electron chi connectivity index (χ2n) is 8.56. The summed E-state index contributed by atoms with van der Waals surface area (Å²) in [5, 5.41) is 9.26. The van der Waals surface area contributed by atoms with Crippen molar-refractivity contribution in [2.24, 2.45) is 0 Å². The summed E-state index contributed by atoms with van der Waals surface area (Å²) in [7, 11) is 1.49. The highest BCUT2D eigenvalue weighted by molar-refractivity contribution is 6.02. The molecule has 0 N–H and O–H groups in total. The lowest BCUT2D eigenvalue weighted by Crippen LogP contribution is -2.27. The van der Waals surface area contributed by atoms with Gasteiger partial charge in [0.2, 0.25) is 5.88 Å². The Labute approximate surface area is 191 Å². The molecule has 0 bridgehead atoms. The molecule has 0 radical (unpaired) electrons. The first-order valence-electron chi connectivity index (χ1n) is 10.4. The predicted octanol–water partition coefficient (Wildman–Crippen LogP) is 5.15. The third kappa shape index (κ3) is 4.45. The van der Waals surface area contributed by atoms with Crippen molar-refractivity contribution in [3.8, 4) is 28.4 Å². The molecule has 0 unspecified atom stereocenters. The normalized spacial score (nSPS) is 11.4. The zero-order chi connectivity index (χ0) is 23.8. The Hall–Kier alpha value is -4.07. The molecule has 0 saturated heterocycles. The fraction of sp³-hybridized carbons (Fsp3) is 0.240. The highest BCUT2D eigenvalue weighted by atomic mass is 16.6. The van der Waals surface area contributed by atoms with E-state index in [1.165, 1.54) is 18.6 Å². The molecule has 0 amide bonds. The van der Waals surface area contributed by atoms with E-state index < -0.39 is 11.7 Å². The van der Waals surface area contributed by atoms with Gasteiger partial charge < -0.3 is 9.47 Å². The lowest BCUT2D eigenvalue weighted by atomic mass is 10.1. The molecule has 8 heteroatoms. The number of hydrogen-bond donors (Lipinski definition) is 0. The summed E-state index contributed by atoms with van der Waals surface area (Å²) in [5.41, 5.74) is 2.82. The molecule has 1 aromatic carbocycles. The fourth-order valence-electron chi connectivity index (χ4n) is 3.50. The van der Waals surface area contributed by atoms with Crippen molar-refractivity contribution in [3.63, 3.8) is 0 Å². The number of carbonyl (C=O) groups excluding carboxylic acids is 2.